The van der Waals surface area contributed by atoms with Crippen LogP contribution in [0.5, 0.6) is 5.75 Å². The maximum absolute atomic E-state index is 13.2. The number of carbonyl (C=O) groups is 1. The second kappa shape index (κ2) is 6.52. The van der Waals surface area contributed by atoms with Gasteiger partial charge in [-0.25, -0.2) is 8.42 Å². The first-order valence-corrected chi connectivity index (χ1v) is 9.63. The Kier molecular flexibility index (Phi) is 4.56. The number of fused-ring (bicyclic) bond motifs is 1. The summed E-state index contributed by atoms with van der Waals surface area (Å²) in [6.07, 6.45) is 0.156. The lowest BCUT2D eigenvalue weighted by Crippen LogP contribution is -2.37. The molecule has 0 amide bonds. The van der Waals surface area contributed by atoms with Crippen LogP contribution < -0.4 is 9.04 Å². The maximum Gasteiger partial charge on any atom is 0.264 e. The number of benzene rings is 2. The largest absolute Gasteiger partial charge is 0.495 e. The molecule has 0 fully saturated rings. The van der Waals surface area contributed by atoms with Gasteiger partial charge in [-0.05, 0) is 35.7 Å². The Morgan fingerprint density at radius 3 is 2.36 bits per heavy atom. The minimum absolute atomic E-state index is 0.0736. The van der Waals surface area contributed by atoms with Crippen molar-refractivity contribution >= 4 is 21.5 Å². The van der Waals surface area contributed by atoms with Gasteiger partial charge < -0.3 is 4.74 Å². The van der Waals surface area contributed by atoms with E-state index in [2.05, 4.69) is 13.8 Å². The van der Waals surface area contributed by atoms with Gasteiger partial charge in [-0.2, -0.15) is 0 Å². The minimum Gasteiger partial charge on any atom is -0.495 e. The van der Waals surface area contributed by atoms with Crippen LogP contribution in [0.15, 0.2) is 47.4 Å². The molecule has 0 saturated carbocycles. The van der Waals surface area contributed by atoms with Gasteiger partial charge >= 0.3 is 0 Å². The highest BCUT2D eigenvalue weighted by Gasteiger charge is 2.34. The number of methoxy groups -OCH3 is 1. The molecule has 0 radical (unpaired) electrons. The Morgan fingerprint density at radius 2 is 1.76 bits per heavy atom. The fourth-order valence-electron chi connectivity index (χ4n) is 3.01. The van der Waals surface area contributed by atoms with Crippen molar-refractivity contribution in [1.29, 1.82) is 0 Å². The van der Waals surface area contributed by atoms with Crippen LogP contribution in [-0.2, 0) is 10.0 Å². The quantitative estimate of drug-likeness (QED) is 0.837. The Balaban J connectivity index is 2.10. The van der Waals surface area contributed by atoms with Gasteiger partial charge in [0.05, 0.1) is 12.0 Å². The number of ether oxygens (including phenoxy) is 1. The van der Waals surface area contributed by atoms with Crippen LogP contribution in [0.4, 0.5) is 5.69 Å². The monoisotopic (exact) mass is 359 g/mol. The lowest BCUT2D eigenvalue weighted by Gasteiger charge is -2.31. The van der Waals surface area contributed by atoms with Gasteiger partial charge in [-0.15, -0.1) is 0 Å². The molecular weight excluding hydrogens is 338 g/mol. The van der Waals surface area contributed by atoms with E-state index in [1.54, 1.807) is 30.3 Å². The van der Waals surface area contributed by atoms with Gasteiger partial charge in [-0.3, -0.25) is 9.10 Å². The van der Waals surface area contributed by atoms with Crippen LogP contribution in [0.3, 0.4) is 0 Å². The highest BCUT2D eigenvalue weighted by Crippen LogP contribution is 2.39. The summed E-state index contributed by atoms with van der Waals surface area (Å²) in [5.41, 5.74) is 1.79. The molecule has 3 rings (SSSR count). The van der Waals surface area contributed by atoms with Crippen molar-refractivity contribution in [2.24, 2.45) is 0 Å². The Bertz CT molecular complexity index is 902. The zero-order valence-electron chi connectivity index (χ0n) is 14.5. The van der Waals surface area contributed by atoms with Crippen LogP contribution in [-0.4, -0.2) is 27.9 Å². The Labute approximate surface area is 148 Å². The van der Waals surface area contributed by atoms with E-state index in [1.807, 2.05) is 12.1 Å². The summed E-state index contributed by atoms with van der Waals surface area (Å²) in [5.74, 6) is 0.633. The number of rotatable bonds is 4. The predicted octanol–water partition coefficient (Wildman–Crippen LogP) is 3.60. The summed E-state index contributed by atoms with van der Waals surface area (Å²) in [4.78, 5) is 12.4. The van der Waals surface area contributed by atoms with Gasteiger partial charge in [0.2, 0.25) is 0 Å². The molecule has 0 unspecified atom stereocenters. The number of hydrogen-bond donors (Lipinski definition) is 0. The van der Waals surface area contributed by atoms with Gasteiger partial charge in [-0.1, -0.05) is 32.0 Å². The SMILES string of the molecule is COc1cccc2c1N(S(=O)(=O)c1ccc(C(C)C)cc1)CCC2=O. The van der Waals surface area contributed by atoms with Crippen molar-refractivity contribution in [2.45, 2.75) is 31.1 Å². The van der Waals surface area contributed by atoms with E-state index < -0.39 is 10.0 Å². The molecular formula is C19H21NO4S. The molecule has 0 saturated heterocycles. The van der Waals surface area contributed by atoms with Crippen molar-refractivity contribution in [2.75, 3.05) is 18.0 Å². The molecule has 2 aromatic rings. The third-order valence-corrected chi connectivity index (χ3v) is 6.26. The Morgan fingerprint density at radius 1 is 1.08 bits per heavy atom. The van der Waals surface area contributed by atoms with Gasteiger partial charge in [0, 0.05) is 18.5 Å². The predicted molar refractivity (Wildman–Crippen MR) is 97.0 cm³/mol. The molecule has 5 nitrogen and oxygen atoms in total. The Hall–Kier alpha value is -2.34. The third-order valence-electron chi connectivity index (χ3n) is 4.45. The minimum atomic E-state index is -3.77. The fraction of sp³-hybridized carbons (Fsp3) is 0.316. The van der Waals surface area contributed by atoms with Crippen molar-refractivity contribution in [1.82, 2.24) is 0 Å². The fourth-order valence-corrected chi connectivity index (χ4v) is 4.51. The summed E-state index contributed by atoms with van der Waals surface area (Å²) >= 11 is 0. The van der Waals surface area contributed by atoms with Gasteiger partial charge in [0.15, 0.2) is 5.78 Å². The average Bonchev–Trinajstić information content (AvgIpc) is 2.61. The second-order valence-electron chi connectivity index (χ2n) is 6.33. The number of carbonyl (C=O) groups excluding carboxylic acids is 1. The summed E-state index contributed by atoms with van der Waals surface area (Å²) < 4.78 is 32.9. The molecule has 132 valence electrons. The molecule has 0 spiro atoms. The first-order chi connectivity index (χ1) is 11.9. The van der Waals surface area contributed by atoms with E-state index in [0.29, 0.717) is 22.9 Å². The van der Waals surface area contributed by atoms with Crippen LogP contribution in [0.25, 0.3) is 0 Å². The first kappa shape index (κ1) is 17.5. The van der Waals surface area contributed by atoms with Crippen molar-refractivity contribution in [3.8, 4) is 5.75 Å². The van der Waals surface area contributed by atoms with E-state index in [-0.39, 0.29) is 23.6 Å². The molecule has 2 aromatic carbocycles. The van der Waals surface area contributed by atoms with Gasteiger partial charge in [0.1, 0.15) is 11.4 Å². The zero-order valence-corrected chi connectivity index (χ0v) is 15.3. The summed E-state index contributed by atoms with van der Waals surface area (Å²) in [7, 11) is -2.30. The summed E-state index contributed by atoms with van der Waals surface area (Å²) in [5, 5.41) is 0. The number of nitrogens with zero attached hydrogens (tertiary/aromatic N) is 1. The molecule has 1 aliphatic rings. The van der Waals surface area contributed by atoms with Crippen LogP contribution in [0.1, 0.15) is 42.1 Å². The van der Waals surface area contributed by atoms with E-state index >= 15 is 0 Å². The number of hydrogen-bond acceptors (Lipinski definition) is 4. The van der Waals surface area contributed by atoms with Crippen molar-refractivity contribution in [3.05, 3.63) is 53.6 Å². The second-order valence-corrected chi connectivity index (χ2v) is 8.19. The molecule has 6 heteroatoms. The molecule has 0 bridgehead atoms. The normalized spacial score (nSPS) is 14.6. The number of sulfonamides is 1. The topological polar surface area (TPSA) is 63.7 Å². The number of ketones is 1. The molecule has 1 heterocycles. The average molecular weight is 359 g/mol. The number of Topliss-reactive ketones (excluding diaryl/α,β-unsaturated/α-hetero) is 1. The molecule has 25 heavy (non-hydrogen) atoms. The number of anilines is 1. The standard InChI is InChI=1S/C19H21NO4S/c1-13(2)14-7-9-15(10-8-14)25(22,23)20-12-11-17(21)16-5-4-6-18(24-3)19(16)20/h4-10,13H,11-12H2,1-3H3. The highest BCUT2D eigenvalue weighted by molar-refractivity contribution is 7.92. The lowest BCUT2D eigenvalue weighted by atomic mass is 10.0. The first-order valence-electron chi connectivity index (χ1n) is 8.19. The van der Waals surface area contributed by atoms with Crippen molar-refractivity contribution < 1.29 is 17.9 Å². The highest BCUT2D eigenvalue weighted by atomic mass is 32.2. The van der Waals surface area contributed by atoms with Crippen LogP contribution in [0, 0.1) is 0 Å². The van der Waals surface area contributed by atoms with Gasteiger partial charge in [0.25, 0.3) is 10.0 Å². The molecule has 0 atom stereocenters. The molecule has 1 aliphatic heterocycles. The van der Waals surface area contributed by atoms with Crippen LogP contribution in [0.2, 0.25) is 0 Å². The third kappa shape index (κ3) is 3.02. The van der Waals surface area contributed by atoms with Crippen LogP contribution >= 0.6 is 0 Å². The summed E-state index contributed by atoms with van der Waals surface area (Å²) in [6, 6.07) is 11.9. The smallest absolute Gasteiger partial charge is 0.264 e. The van der Waals surface area contributed by atoms with E-state index in [4.69, 9.17) is 4.74 Å². The van der Waals surface area contributed by atoms with E-state index in [0.717, 1.165) is 5.56 Å². The summed E-state index contributed by atoms with van der Waals surface area (Å²) in [6.45, 7) is 4.22. The number of para-hydroxylation sites is 1. The molecule has 0 aromatic heterocycles. The van der Waals surface area contributed by atoms with E-state index in [1.165, 1.54) is 11.4 Å². The molecule has 0 aliphatic carbocycles. The maximum atomic E-state index is 13.2. The molecule has 0 N–H and O–H groups in total. The lowest BCUT2D eigenvalue weighted by molar-refractivity contribution is 0.0981. The van der Waals surface area contributed by atoms with Crippen molar-refractivity contribution in [3.63, 3.8) is 0 Å². The van der Waals surface area contributed by atoms with E-state index in [9.17, 15) is 13.2 Å². The zero-order chi connectivity index (χ0) is 18.2.